The largest absolute Gasteiger partial charge is 0.462 e. The van der Waals surface area contributed by atoms with E-state index in [0.717, 1.165) is 43.9 Å². The number of Topliss-reactive ketones (excluding diaryl/α,β-unsaturated/α-hetero) is 1. The van der Waals surface area contributed by atoms with Crippen LogP contribution in [-0.4, -0.2) is 17.9 Å². The van der Waals surface area contributed by atoms with E-state index in [1.165, 1.54) is 25.7 Å². The summed E-state index contributed by atoms with van der Waals surface area (Å²) in [5.74, 6) is 3.23. The SMILES string of the molecule is CC(=O)OC1CC[C@H]2[C@@H]3CCC4CCC(=O)C[C@]4(C)[C@@H]3CC[C@]12C. The molecule has 24 heavy (non-hydrogen) atoms. The molecular weight excluding hydrogens is 300 g/mol. The summed E-state index contributed by atoms with van der Waals surface area (Å²) in [7, 11) is 0. The number of rotatable bonds is 1. The van der Waals surface area contributed by atoms with Crippen molar-refractivity contribution >= 4 is 11.8 Å². The molecule has 134 valence electrons. The van der Waals surface area contributed by atoms with E-state index in [0.29, 0.717) is 17.6 Å². The minimum Gasteiger partial charge on any atom is -0.462 e. The van der Waals surface area contributed by atoms with E-state index < -0.39 is 0 Å². The van der Waals surface area contributed by atoms with Crippen molar-refractivity contribution in [3.05, 3.63) is 0 Å². The fourth-order valence-electron chi connectivity index (χ4n) is 7.48. The van der Waals surface area contributed by atoms with Crippen LogP contribution in [0.4, 0.5) is 0 Å². The van der Waals surface area contributed by atoms with Gasteiger partial charge in [0, 0.05) is 25.2 Å². The maximum atomic E-state index is 12.2. The van der Waals surface area contributed by atoms with E-state index in [1.54, 1.807) is 6.92 Å². The summed E-state index contributed by atoms with van der Waals surface area (Å²) >= 11 is 0. The van der Waals surface area contributed by atoms with Crippen molar-refractivity contribution < 1.29 is 14.3 Å². The van der Waals surface area contributed by atoms with Gasteiger partial charge in [-0.1, -0.05) is 13.8 Å². The summed E-state index contributed by atoms with van der Waals surface area (Å²) in [6, 6.07) is 0. The molecular formula is C21H32O3. The van der Waals surface area contributed by atoms with Crippen molar-refractivity contribution in [2.24, 2.45) is 34.5 Å². The number of carbonyl (C=O) groups excluding carboxylic acids is 2. The van der Waals surface area contributed by atoms with Gasteiger partial charge in [-0.15, -0.1) is 0 Å². The summed E-state index contributed by atoms with van der Waals surface area (Å²) < 4.78 is 5.72. The van der Waals surface area contributed by atoms with Crippen molar-refractivity contribution in [1.29, 1.82) is 0 Å². The average molecular weight is 332 g/mol. The van der Waals surface area contributed by atoms with Crippen LogP contribution < -0.4 is 0 Å². The highest BCUT2D eigenvalue weighted by Crippen LogP contribution is 2.66. The number of carbonyl (C=O) groups is 2. The van der Waals surface area contributed by atoms with Gasteiger partial charge in [0.25, 0.3) is 0 Å². The highest BCUT2D eigenvalue weighted by atomic mass is 16.5. The van der Waals surface area contributed by atoms with Crippen molar-refractivity contribution in [3.63, 3.8) is 0 Å². The highest BCUT2D eigenvalue weighted by molar-refractivity contribution is 5.80. The Morgan fingerprint density at radius 2 is 1.75 bits per heavy atom. The molecule has 0 bridgehead atoms. The zero-order valence-electron chi connectivity index (χ0n) is 15.5. The molecule has 4 saturated carbocycles. The Hall–Kier alpha value is -0.860. The summed E-state index contributed by atoms with van der Waals surface area (Å²) in [5, 5.41) is 0. The lowest BCUT2D eigenvalue weighted by atomic mass is 9.45. The standard InChI is InChI=1S/C21H32O3/c1-13(22)24-19-9-8-17-16-7-5-14-4-6-15(23)12-21(14,3)18(16)10-11-20(17,19)2/h14,16-19H,4-12H2,1-3H3/t14?,16-,17-,18+,19?,20-,21-/m0/s1. The van der Waals surface area contributed by atoms with Gasteiger partial charge < -0.3 is 4.74 Å². The normalized spacial score (nSPS) is 50.6. The van der Waals surface area contributed by atoms with Gasteiger partial charge in [0.2, 0.25) is 0 Å². The molecule has 0 amide bonds. The second-order valence-electron chi connectivity index (χ2n) is 9.63. The number of fused-ring (bicyclic) bond motifs is 5. The van der Waals surface area contributed by atoms with Crippen LogP contribution in [0.2, 0.25) is 0 Å². The molecule has 3 nitrogen and oxygen atoms in total. The smallest absolute Gasteiger partial charge is 0.302 e. The van der Waals surface area contributed by atoms with Crippen LogP contribution in [-0.2, 0) is 14.3 Å². The van der Waals surface area contributed by atoms with Gasteiger partial charge in [-0.25, -0.2) is 0 Å². The number of ketones is 1. The van der Waals surface area contributed by atoms with Crippen LogP contribution in [0.25, 0.3) is 0 Å². The molecule has 7 atom stereocenters. The molecule has 0 aromatic carbocycles. The Labute approximate surface area is 145 Å². The molecule has 0 aromatic rings. The first-order chi connectivity index (χ1) is 11.3. The third kappa shape index (κ3) is 2.29. The van der Waals surface area contributed by atoms with Crippen LogP contribution in [0.5, 0.6) is 0 Å². The molecule has 0 aromatic heterocycles. The zero-order chi connectivity index (χ0) is 17.1. The van der Waals surface area contributed by atoms with Gasteiger partial charge >= 0.3 is 5.97 Å². The van der Waals surface area contributed by atoms with Crippen LogP contribution in [0.15, 0.2) is 0 Å². The van der Waals surface area contributed by atoms with Gasteiger partial charge in [-0.05, 0) is 74.0 Å². The number of hydrogen-bond acceptors (Lipinski definition) is 3. The Morgan fingerprint density at radius 1 is 1.00 bits per heavy atom. The first-order valence-corrected chi connectivity index (χ1v) is 10.0. The van der Waals surface area contributed by atoms with Gasteiger partial charge in [0.1, 0.15) is 11.9 Å². The lowest BCUT2D eigenvalue weighted by Crippen LogP contribution is -2.54. The van der Waals surface area contributed by atoms with Crippen molar-refractivity contribution in [2.75, 3.05) is 0 Å². The van der Waals surface area contributed by atoms with Crippen LogP contribution in [0.3, 0.4) is 0 Å². The first kappa shape index (κ1) is 16.6. The van der Waals surface area contributed by atoms with Gasteiger partial charge in [-0.2, -0.15) is 0 Å². The zero-order valence-corrected chi connectivity index (χ0v) is 15.5. The third-order valence-corrected chi connectivity index (χ3v) is 8.64. The number of esters is 1. The summed E-state index contributed by atoms with van der Waals surface area (Å²) in [4.78, 5) is 23.7. The maximum absolute atomic E-state index is 12.2. The van der Waals surface area contributed by atoms with Crippen molar-refractivity contribution in [2.45, 2.75) is 84.7 Å². The maximum Gasteiger partial charge on any atom is 0.302 e. The number of ether oxygens (including phenoxy) is 1. The van der Waals surface area contributed by atoms with E-state index in [2.05, 4.69) is 13.8 Å². The topological polar surface area (TPSA) is 43.4 Å². The van der Waals surface area contributed by atoms with Gasteiger partial charge in [0.15, 0.2) is 0 Å². The van der Waals surface area contributed by atoms with E-state index >= 15 is 0 Å². The molecule has 0 aliphatic heterocycles. The quantitative estimate of drug-likeness (QED) is 0.663. The van der Waals surface area contributed by atoms with Crippen LogP contribution in [0, 0.1) is 34.5 Å². The van der Waals surface area contributed by atoms with E-state index in [4.69, 9.17) is 4.74 Å². The van der Waals surface area contributed by atoms with E-state index in [1.807, 2.05) is 0 Å². The minimum absolute atomic E-state index is 0.111. The lowest BCUT2D eigenvalue weighted by molar-refractivity contribution is -0.163. The predicted octanol–water partition coefficient (Wildman–Crippen LogP) is 4.53. The molecule has 3 heteroatoms. The molecule has 2 unspecified atom stereocenters. The molecule has 4 aliphatic carbocycles. The van der Waals surface area contributed by atoms with Crippen molar-refractivity contribution in [1.82, 2.24) is 0 Å². The fourth-order valence-corrected chi connectivity index (χ4v) is 7.48. The average Bonchev–Trinajstić information content (AvgIpc) is 2.82. The van der Waals surface area contributed by atoms with E-state index in [9.17, 15) is 9.59 Å². The Morgan fingerprint density at radius 3 is 2.50 bits per heavy atom. The second kappa shape index (κ2) is 5.57. The molecule has 4 fully saturated rings. The minimum atomic E-state index is -0.127. The molecule has 0 spiro atoms. The highest BCUT2D eigenvalue weighted by Gasteiger charge is 2.61. The summed E-state index contributed by atoms with van der Waals surface area (Å²) in [5.41, 5.74) is 0.397. The third-order valence-electron chi connectivity index (χ3n) is 8.64. The monoisotopic (exact) mass is 332 g/mol. The van der Waals surface area contributed by atoms with Crippen molar-refractivity contribution in [3.8, 4) is 0 Å². The predicted molar refractivity (Wildman–Crippen MR) is 92.3 cm³/mol. The lowest BCUT2D eigenvalue weighted by Gasteiger charge is -2.59. The molecule has 0 N–H and O–H groups in total. The van der Waals surface area contributed by atoms with E-state index in [-0.39, 0.29) is 22.9 Å². The fraction of sp³-hybridized carbons (Fsp3) is 0.905. The summed E-state index contributed by atoms with van der Waals surface area (Å²) in [6.07, 6.45) is 10.1. The molecule has 0 saturated heterocycles. The molecule has 0 radical (unpaired) electrons. The molecule has 4 rings (SSSR count). The summed E-state index contributed by atoms with van der Waals surface area (Å²) in [6.45, 7) is 6.34. The molecule has 4 aliphatic rings. The van der Waals surface area contributed by atoms with Gasteiger partial charge in [0.05, 0.1) is 0 Å². The van der Waals surface area contributed by atoms with Gasteiger partial charge in [-0.3, -0.25) is 9.59 Å². The Bertz CT molecular complexity index is 555. The Kier molecular flexibility index (Phi) is 3.85. The first-order valence-electron chi connectivity index (χ1n) is 10.0. The van der Waals surface area contributed by atoms with Crippen LogP contribution in [0.1, 0.15) is 78.6 Å². The Balaban J connectivity index is 1.60. The second-order valence-corrected chi connectivity index (χ2v) is 9.63. The number of hydrogen-bond donors (Lipinski definition) is 0. The molecule has 0 heterocycles. The van der Waals surface area contributed by atoms with Crippen LogP contribution >= 0.6 is 0 Å².